The van der Waals surface area contributed by atoms with Crippen molar-refractivity contribution in [2.45, 2.75) is 18.9 Å². The van der Waals surface area contributed by atoms with Crippen molar-refractivity contribution in [3.63, 3.8) is 0 Å². The highest BCUT2D eigenvalue weighted by molar-refractivity contribution is 7.49. The Bertz CT molecular complexity index is 120. The number of fused-ring (bicyclic) bond motifs is 1. The number of hydrogen-bond donors (Lipinski definition) is 0. The predicted molar refractivity (Wildman–Crippen MR) is 38.5 cm³/mol. The molecule has 2 rings (SSSR count). The van der Waals surface area contributed by atoms with Crippen LogP contribution in [0.3, 0.4) is 0 Å². The molecule has 0 N–H and O–H groups in total. The van der Waals surface area contributed by atoms with Gasteiger partial charge in [0.1, 0.15) is 8.30 Å². The van der Waals surface area contributed by atoms with Crippen molar-refractivity contribution < 1.29 is 4.52 Å². The van der Waals surface area contributed by atoms with Crippen LogP contribution in [0.5, 0.6) is 0 Å². The summed E-state index contributed by atoms with van der Waals surface area (Å²) < 4.78 is 8.03. The second-order valence-electron chi connectivity index (χ2n) is 2.72. The van der Waals surface area contributed by atoms with Crippen molar-refractivity contribution in [3.8, 4) is 0 Å². The van der Waals surface area contributed by atoms with Gasteiger partial charge < -0.3 is 4.52 Å². The van der Waals surface area contributed by atoms with Gasteiger partial charge in [-0.05, 0) is 19.5 Å². The van der Waals surface area contributed by atoms with Crippen molar-refractivity contribution in [3.05, 3.63) is 0 Å². The summed E-state index contributed by atoms with van der Waals surface area (Å²) in [6, 6.07) is 0.793. The van der Waals surface area contributed by atoms with E-state index in [1.54, 1.807) is 0 Å². The van der Waals surface area contributed by atoms with E-state index in [0.29, 0.717) is 0 Å². The second-order valence-corrected chi connectivity index (χ2v) is 4.42. The minimum Gasteiger partial charge on any atom is -0.342 e. The average molecular weight is 145 g/mol. The maximum atomic E-state index is 5.51. The number of nitrogens with zero attached hydrogens (tertiary/aromatic N) is 1. The molecule has 0 aromatic rings. The summed E-state index contributed by atoms with van der Waals surface area (Å²) in [5.74, 6) is 0. The van der Waals surface area contributed by atoms with Crippen molar-refractivity contribution in [2.24, 2.45) is 0 Å². The van der Waals surface area contributed by atoms with E-state index in [1.807, 2.05) is 0 Å². The van der Waals surface area contributed by atoms with Crippen molar-refractivity contribution in [2.75, 3.05) is 19.8 Å². The molecule has 2 fully saturated rings. The SMILES string of the molecule is CP1OCC2CCCN21. The average Bonchev–Trinajstić information content (AvgIpc) is 2.35. The largest absolute Gasteiger partial charge is 0.342 e. The Hall–Kier alpha value is 0.350. The topological polar surface area (TPSA) is 12.5 Å². The van der Waals surface area contributed by atoms with Crippen LogP contribution in [0.15, 0.2) is 0 Å². The first-order valence-corrected chi connectivity index (χ1v) is 5.17. The van der Waals surface area contributed by atoms with Gasteiger partial charge in [0.25, 0.3) is 0 Å². The van der Waals surface area contributed by atoms with Crippen LogP contribution in [0.2, 0.25) is 0 Å². The molecule has 52 valence electrons. The third-order valence-corrected chi connectivity index (χ3v) is 3.93. The van der Waals surface area contributed by atoms with E-state index >= 15 is 0 Å². The normalized spacial score (nSPS) is 43.7. The summed E-state index contributed by atoms with van der Waals surface area (Å²) in [7, 11) is -0.172. The smallest absolute Gasteiger partial charge is 0.101 e. The minimum absolute atomic E-state index is 0.172. The van der Waals surface area contributed by atoms with E-state index in [9.17, 15) is 0 Å². The lowest BCUT2D eigenvalue weighted by atomic mass is 10.2. The van der Waals surface area contributed by atoms with Gasteiger partial charge in [-0.3, -0.25) is 4.67 Å². The fourth-order valence-corrected chi connectivity index (χ4v) is 3.23. The molecule has 2 aliphatic heterocycles. The fourth-order valence-electron chi connectivity index (χ4n) is 1.63. The Morgan fingerprint density at radius 1 is 1.67 bits per heavy atom. The Labute approximate surface area is 57.1 Å². The Morgan fingerprint density at radius 3 is 3.33 bits per heavy atom. The zero-order chi connectivity index (χ0) is 6.27. The van der Waals surface area contributed by atoms with E-state index in [4.69, 9.17) is 4.52 Å². The Morgan fingerprint density at radius 2 is 2.56 bits per heavy atom. The van der Waals surface area contributed by atoms with E-state index in [2.05, 4.69) is 11.3 Å². The van der Waals surface area contributed by atoms with Crippen molar-refractivity contribution >= 4 is 8.30 Å². The molecule has 0 bridgehead atoms. The van der Waals surface area contributed by atoms with E-state index < -0.39 is 0 Å². The summed E-state index contributed by atoms with van der Waals surface area (Å²) in [4.78, 5) is 0. The molecule has 3 heteroatoms. The number of rotatable bonds is 0. The molecule has 0 spiro atoms. The molecule has 0 aliphatic carbocycles. The highest BCUT2D eigenvalue weighted by Crippen LogP contribution is 2.48. The molecule has 0 saturated carbocycles. The molecule has 0 radical (unpaired) electrons. The van der Waals surface area contributed by atoms with Gasteiger partial charge in [-0.15, -0.1) is 0 Å². The monoisotopic (exact) mass is 145 g/mol. The van der Waals surface area contributed by atoms with Crippen LogP contribution in [0.1, 0.15) is 12.8 Å². The Balaban J connectivity index is 2.07. The lowest BCUT2D eigenvalue weighted by Gasteiger charge is -2.15. The van der Waals surface area contributed by atoms with Gasteiger partial charge in [-0.1, -0.05) is 0 Å². The molecule has 2 atom stereocenters. The van der Waals surface area contributed by atoms with Crippen LogP contribution < -0.4 is 0 Å². The Kier molecular flexibility index (Phi) is 1.48. The van der Waals surface area contributed by atoms with Crippen molar-refractivity contribution in [1.82, 2.24) is 4.67 Å². The summed E-state index contributed by atoms with van der Waals surface area (Å²) in [6.45, 7) is 4.50. The maximum Gasteiger partial charge on any atom is 0.101 e. The number of hydrogen-bond acceptors (Lipinski definition) is 2. The van der Waals surface area contributed by atoms with Gasteiger partial charge in [0.05, 0.1) is 6.61 Å². The molecule has 2 saturated heterocycles. The van der Waals surface area contributed by atoms with Crippen LogP contribution in [0.4, 0.5) is 0 Å². The van der Waals surface area contributed by atoms with Gasteiger partial charge in [-0.2, -0.15) is 0 Å². The molecule has 2 nitrogen and oxygen atoms in total. The summed E-state index contributed by atoms with van der Waals surface area (Å²) in [5.41, 5.74) is 0. The van der Waals surface area contributed by atoms with Crippen LogP contribution in [-0.2, 0) is 4.52 Å². The summed E-state index contributed by atoms with van der Waals surface area (Å²) in [6.07, 6.45) is 2.76. The van der Waals surface area contributed by atoms with Crippen LogP contribution in [0, 0.1) is 0 Å². The molecule has 0 amide bonds. The first-order valence-electron chi connectivity index (χ1n) is 3.51. The lowest BCUT2D eigenvalue weighted by Crippen LogP contribution is -2.18. The molecule has 0 aromatic heterocycles. The lowest BCUT2D eigenvalue weighted by molar-refractivity contribution is 0.341. The third-order valence-electron chi connectivity index (χ3n) is 2.16. The zero-order valence-corrected chi connectivity index (χ0v) is 6.60. The van der Waals surface area contributed by atoms with Gasteiger partial charge in [0, 0.05) is 12.6 Å². The summed E-state index contributed by atoms with van der Waals surface area (Å²) in [5, 5.41) is 0. The van der Waals surface area contributed by atoms with Gasteiger partial charge in [0.15, 0.2) is 0 Å². The van der Waals surface area contributed by atoms with Crippen LogP contribution in [0.25, 0.3) is 0 Å². The van der Waals surface area contributed by atoms with E-state index in [0.717, 1.165) is 12.6 Å². The molecular formula is C6H12NOP. The maximum absolute atomic E-state index is 5.51. The summed E-state index contributed by atoms with van der Waals surface area (Å²) >= 11 is 0. The fraction of sp³-hybridized carbons (Fsp3) is 1.00. The first kappa shape index (κ1) is 6.09. The minimum atomic E-state index is -0.172. The molecular weight excluding hydrogens is 133 g/mol. The highest BCUT2D eigenvalue weighted by Gasteiger charge is 2.35. The third kappa shape index (κ3) is 0.899. The molecule has 2 unspecified atom stereocenters. The van der Waals surface area contributed by atoms with Gasteiger partial charge in [-0.25, -0.2) is 0 Å². The zero-order valence-electron chi connectivity index (χ0n) is 5.71. The van der Waals surface area contributed by atoms with Gasteiger partial charge in [0.2, 0.25) is 0 Å². The molecule has 2 heterocycles. The molecule has 2 aliphatic rings. The predicted octanol–water partition coefficient (Wildman–Crippen LogP) is 1.42. The first-order chi connectivity index (χ1) is 4.38. The second kappa shape index (κ2) is 2.19. The van der Waals surface area contributed by atoms with Gasteiger partial charge >= 0.3 is 0 Å². The standard InChI is InChI=1S/C6H12NOP/c1-9-7-4-2-3-6(7)5-8-9/h6H,2-5H2,1H3. The van der Waals surface area contributed by atoms with Crippen molar-refractivity contribution in [1.29, 1.82) is 0 Å². The molecule has 9 heavy (non-hydrogen) atoms. The van der Waals surface area contributed by atoms with E-state index in [-0.39, 0.29) is 8.30 Å². The van der Waals surface area contributed by atoms with E-state index in [1.165, 1.54) is 19.4 Å². The highest BCUT2D eigenvalue weighted by atomic mass is 31.2. The quantitative estimate of drug-likeness (QED) is 0.478. The molecule has 0 aromatic carbocycles. The van der Waals surface area contributed by atoms with Crippen LogP contribution >= 0.6 is 8.30 Å². The van der Waals surface area contributed by atoms with Crippen LogP contribution in [-0.4, -0.2) is 30.5 Å².